The van der Waals surface area contributed by atoms with Gasteiger partial charge in [0.1, 0.15) is 11.6 Å². The van der Waals surface area contributed by atoms with Gasteiger partial charge in [-0.3, -0.25) is 0 Å². The lowest BCUT2D eigenvalue weighted by Gasteiger charge is -2.13. The van der Waals surface area contributed by atoms with Gasteiger partial charge in [0.25, 0.3) is 0 Å². The quantitative estimate of drug-likeness (QED) is 0.428. The summed E-state index contributed by atoms with van der Waals surface area (Å²) in [6.07, 6.45) is 3.49. The third-order valence-corrected chi connectivity index (χ3v) is 5.07. The van der Waals surface area contributed by atoms with Crippen LogP contribution in [0.1, 0.15) is 16.3 Å². The van der Waals surface area contributed by atoms with Crippen molar-refractivity contribution in [1.82, 2.24) is 15.6 Å². The normalized spacial score (nSPS) is 11.4. The fourth-order valence-electron chi connectivity index (χ4n) is 2.66. The van der Waals surface area contributed by atoms with Crippen molar-refractivity contribution in [2.45, 2.75) is 19.4 Å². The fraction of sp³-hybridized carbons (Fsp3) is 0.333. The van der Waals surface area contributed by atoms with Crippen molar-refractivity contribution in [3.05, 3.63) is 70.4 Å². The number of anilines is 1. The van der Waals surface area contributed by atoms with Crippen molar-refractivity contribution in [2.24, 2.45) is 4.99 Å². The summed E-state index contributed by atoms with van der Waals surface area (Å²) in [6.45, 7) is 2.11. The van der Waals surface area contributed by atoms with Gasteiger partial charge in [-0.1, -0.05) is 12.1 Å². The standard InChI is InChI=1S/C21H27N5OS/c1-26(2)20-9-3-6-17(25-20)16-24-21(22-12-10-18-7-4-14-27-18)23-13-11-19-8-5-15-28-19/h3-9,14-15H,10-13,16H2,1-2H3,(H2,22,23,24). The van der Waals surface area contributed by atoms with E-state index in [1.54, 1.807) is 17.6 Å². The zero-order chi connectivity index (χ0) is 19.6. The highest BCUT2D eigenvalue weighted by Crippen LogP contribution is 2.09. The van der Waals surface area contributed by atoms with E-state index in [9.17, 15) is 0 Å². The van der Waals surface area contributed by atoms with E-state index in [0.717, 1.165) is 49.2 Å². The molecule has 0 aliphatic heterocycles. The molecule has 0 radical (unpaired) electrons. The van der Waals surface area contributed by atoms with E-state index in [-0.39, 0.29) is 0 Å². The molecule has 0 amide bonds. The van der Waals surface area contributed by atoms with Gasteiger partial charge >= 0.3 is 0 Å². The Bertz CT molecular complexity index is 801. The number of rotatable bonds is 9. The topological polar surface area (TPSA) is 65.7 Å². The Kier molecular flexibility index (Phi) is 7.49. The zero-order valence-electron chi connectivity index (χ0n) is 16.4. The minimum absolute atomic E-state index is 0.525. The molecule has 3 aromatic rings. The number of nitrogens with one attached hydrogen (secondary N) is 2. The van der Waals surface area contributed by atoms with Crippen LogP contribution in [0.4, 0.5) is 5.82 Å². The lowest BCUT2D eigenvalue weighted by molar-refractivity contribution is 0.506. The SMILES string of the molecule is CN(C)c1cccc(CN=C(NCCc2ccco2)NCCc2cccs2)n1. The molecule has 0 aliphatic carbocycles. The minimum Gasteiger partial charge on any atom is -0.469 e. The summed E-state index contributed by atoms with van der Waals surface area (Å²) in [5.41, 5.74) is 0.941. The van der Waals surface area contributed by atoms with Crippen LogP contribution >= 0.6 is 11.3 Å². The molecule has 3 aromatic heterocycles. The fourth-order valence-corrected chi connectivity index (χ4v) is 3.37. The molecular formula is C21H27N5OS. The van der Waals surface area contributed by atoms with E-state index in [1.165, 1.54) is 4.88 Å². The number of pyridine rings is 1. The predicted octanol–water partition coefficient (Wildman–Crippen LogP) is 3.32. The minimum atomic E-state index is 0.525. The van der Waals surface area contributed by atoms with Gasteiger partial charge in [-0.25, -0.2) is 9.98 Å². The van der Waals surface area contributed by atoms with Crippen LogP contribution in [0.2, 0.25) is 0 Å². The van der Waals surface area contributed by atoms with Gasteiger partial charge in [-0.05, 0) is 42.1 Å². The van der Waals surface area contributed by atoms with Crippen molar-refractivity contribution in [3.63, 3.8) is 0 Å². The Morgan fingerprint density at radius 2 is 1.93 bits per heavy atom. The molecule has 28 heavy (non-hydrogen) atoms. The molecule has 148 valence electrons. The second-order valence-corrected chi connectivity index (χ2v) is 7.59. The largest absolute Gasteiger partial charge is 0.469 e. The first-order valence-electron chi connectivity index (χ1n) is 9.41. The maximum Gasteiger partial charge on any atom is 0.191 e. The number of aliphatic imine (C=N–C) groups is 1. The van der Waals surface area contributed by atoms with Gasteiger partial charge in [0, 0.05) is 38.5 Å². The van der Waals surface area contributed by atoms with Crippen LogP contribution < -0.4 is 15.5 Å². The Morgan fingerprint density at radius 1 is 1.07 bits per heavy atom. The van der Waals surface area contributed by atoms with Crippen molar-refractivity contribution in [3.8, 4) is 0 Å². The smallest absolute Gasteiger partial charge is 0.191 e. The average Bonchev–Trinajstić information content (AvgIpc) is 3.40. The number of nitrogens with zero attached hydrogens (tertiary/aromatic N) is 3. The molecule has 0 saturated heterocycles. The second-order valence-electron chi connectivity index (χ2n) is 6.56. The Hall–Kier alpha value is -2.80. The van der Waals surface area contributed by atoms with Crippen LogP contribution in [0.5, 0.6) is 0 Å². The molecule has 0 aliphatic rings. The first kappa shape index (κ1) is 19.9. The van der Waals surface area contributed by atoms with Gasteiger partial charge in [0.05, 0.1) is 18.5 Å². The number of thiophene rings is 1. The van der Waals surface area contributed by atoms with Crippen molar-refractivity contribution in [1.29, 1.82) is 0 Å². The summed E-state index contributed by atoms with van der Waals surface area (Å²) < 4.78 is 5.40. The molecule has 3 rings (SSSR count). The number of hydrogen-bond acceptors (Lipinski definition) is 5. The molecule has 0 unspecified atom stereocenters. The molecule has 3 heterocycles. The molecule has 0 spiro atoms. The highest BCUT2D eigenvalue weighted by Gasteiger charge is 2.03. The first-order valence-corrected chi connectivity index (χ1v) is 10.3. The molecule has 7 heteroatoms. The maximum atomic E-state index is 5.40. The molecular weight excluding hydrogens is 370 g/mol. The highest BCUT2D eigenvalue weighted by molar-refractivity contribution is 7.09. The average molecular weight is 398 g/mol. The number of aromatic nitrogens is 1. The summed E-state index contributed by atoms with van der Waals surface area (Å²) in [6, 6.07) is 14.1. The summed E-state index contributed by atoms with van der Waals surface area (Å²) in [5.74, 6) is 2.69. The summed E-state index contributed by atoms with van der Waals surface area (Å²) in [5, 5.41) is 8.92. The van der Waals surface area contributed by atoms with Gasteiger partial charge < -0.3 is 20.0 Å². The van der Waals surface area contributed by atoms with E-state index in [0.29, 0.717) is 6.54 Å². The second kappa shape index (κ2) is 10.5. The number of furan rings is 1. The van der Waals surface area contributed by atoms with E-state index >= 15 is 0 Å². The van der Waals surface area contributed by atoms with Gasteiger partial charge in [-0.15, -0.1) is 11.3 Å². The van der Waals surface area contributed by atoms with Crippen LogP contribution in [0.3, 0.4) is 0 Å². The molecule has 0 aromatic carbocycles. The lowest BCUT2D eigenvalue weighted by atomic mass is 10.3. The summed E-state index contributed by atoms with van der Waals surface area (Å²) in [7, 11) is 3.98. The van der Waals surface area contributed by atoms with E-state index in [1.807, 2.05) is 49.3 Å². The van der Waals surface area contributed by atoms with Crippen LogP contribution in [0.25, 0.3) is 0 Å². The zero-order valence-corrected chi connectivity index (χ0v) is 17.2. The van der Waals surface area contributed by atoms with Crippen LogP contribution in [-0.4, -0.2) is 38.1 Å². The molecule has 0 bridgehead atoms. The van der Waals surface area contributed by atoms with Crippen molar-refractivity contribution < 1.29 is 4.42 Å². The van der Waals surface area contributed by atoms with Crippen molar-refractivity contribution >= 4 is 23.1 Å². The Labute approximate surface area is 170 Å². The van der Waals surface area contributed by atoms with Crippen molar-refractivity contribution in [2.75, 3.05) is 32.1 Å². The third-order valence-electron chi connectivity index (χ3n) is 4.14. The first-order chi connectivity index (χ1) is 13.7. The van der Waals surface area contributed by atoms with E-state index in [4.69, 9.17) is 9.41 Å². The lowest BCUT2D eigenvalue weighted by Crippen LogP contribution is -2.39. The van der Waals surface area contributed by atoms with Crippen LogP contribution in [0.15, 0.2) is 63.5 Å². The molecule has 0 saturated carbocycles. The van der Waals surface area contributed by atoms with E-state index in [2.05, 4.69) is 33.1 Å². The Balaban J connectivity index is 1.58. The van der Waals surface area contributed by atoms with Crippen LogP contribution in [-0.2, 0) is 19.4 Å². The van der Waals surface area contributed by atoms with E-state index < -0.39 is 0 Å². The van der Waals surface area contributed by atoms with Crippen LogP contribution in [0, 0.1) is 0 Å². The molecule has 0 atom stereocenters. The summed E-state index contributed by atoms with van der Waals surface area (Å²) >= 11 is 1.78. The summed E-state index contributed by atoms with van der Waals surface area (Å²) in [4.78, 5) is 12.7. The molecule has 2 N–H and O–H groups in total. The van der Waals surface area contributed by atoms with Gasteiger partial charge in [0.15, 0.2) is 5.96 Å². The molecule has 6 nitrogen and oxygen atoms in total. The third kappa shape index (κ3) is 6.42. The monoisotopic (exact) mass is 397 g/mol. The number of hydrogen-bond donors (Lipinski definition) is 2. The number of guanidine groups is 1. The predicted molar refractivity (Wildman–Crippen MR) is 116 cm³/mol. The van der Waals surface area contributed by atoms with Gasteiger partial charge in [0.2, 0.25) is 0 Å². The van der Waals surface area contributed by atoms with Gasteiger partial charge in [-0.2, -0.15) is 0 Å². The maximum absolute atomic E-state index is 5.40. The highest BCUT2D eigenvalue weighted by atomic mass is 32.1. The Morgan fingerprint density at radius 3 is 2.64 bits per heavy atom. The molecule has 0 fully saturated rings.